The summed E-state index contributed by atoms with van der Waals surface area (Å²) < 4.78 is 5.35. The second-order valence-corrected chi connectivity index (χ2v) is 4.94. The fraction of sp³-hybridized carbons (Fsp3) is 0.333. The maximum Gasteiger partial charge on any atom is 0.235 e. The van der Waals surface area contributed by atoms with E-state index in [-0.39, 0.29) is 5.54 Å². The first-order valence-corrected chi connectivity index (χ1v) is 6.06. The molecule has 1 aromatic heterocycles. The summed E-state index contributed by atoms with van der Waals surface area (Å²) in [5.74, 6) is 0. The Kier molecular flexibility index (Phi) is 2.13. The molecule has 0 aliphatic heterocycles. The molecule has 16 heavy (non-hydrogen) atoms. The Labute approximate surface area is 97.0 Å². The van der Waals surface area contributed by atoms with Crippen LogP contribution in [-0.4, -0.2) is 10.5 Å². The first-order chi connectivity index (χ1) is 7.86. The van der Waals surface area contributed by atoms with E-state index in [1.807, 2.05) is 18.3 Å². The van der Waals surface area contributed by atoms with Gasteiger partial charge in [0.05, 0.1) is 10.2 Å². The van der Waals surface area contributed by atoms with Crippen molar-refractivity contribution in [1.82, 2.24) is 4.37 Å². The standard InChI is InChI=1S/C12H10N2OS/c15-8-13-12(5-2-6-12)10-4-1-3-9-7-14-16-11(9)10/h1,3-4,7H,2,5-6H2. The maximum atomic E-state index is 10.6. The van der Waals surface area contributed by atoms with Crippen molar-refractivity contribution in [3.05, 3.63) is 30.0 Å². The predicted octanol–water partition coefficient (Wildman–Crippen LogP) is 3.01. The van der Waals surface area contributed by atoms with Crippen LogP contribution in [0.2, 0.25) is 0 Å². The minimum absolute atomic E-state index is 0.312. The zero-order valence-electron chi connectivity index (χ0n) is 8.64. The van der Waals surface area contributed by atoms with Crippen LogP contribution >= 0.6 is 11.5 Å². The summed E-state index contributed by atoms with van der Waals surface area (Å²) in [6.07, 6.45) is 6.60. The molecule has 0 unspecified atom stereocenters. The first kappa shape index (κ1) is 9.70. The molecule has 0 bridgehead atoms. The molecule has 0 N–H and O–H groups in total. The lowest BCUT2D eigenvalue weighted by molar-refractivity contribution is 0.258. The van der Waals surface area contributed by atoms with Gasteiger partial charge < -0.3 is 0 Å². The third-order valence-electron chi connectivity index (χ3n) is 3.32. The van der Waals surface area contributed by atoms with Crippen molar-refractivity contribution in [2.45, 2.75) is 24.8 Å². The highest BCUT2D eigenvalue weighted by Gasteiger charge is 2.40. The Morgan fingerprint density at radius 1 is 1.44 bits per heavy atom. The van der Waals surface area contributed by atoms with Gasteiger partial charge in [-0.25, -0.2) is 4.79 Å². The number of carbonyl (C=O) groups excluding carboxylic acids is 1. The number of isocyanates is 1. The van der Waals surface area contributed by atoms with Crippen LogP contribution in [0.3, 0.4) is 0 Å². The molecule has 1 aliphatic carbocycles. The smallest absolute Gasteiger partial charge is 0.211 e. The second-order valence-electron chi connectivity index (χ2n) is 4.14. The molecule has 1 saturated carbocycles. The summed E-state index contributed by atoms with van der Waals surface area (Å²) in [6.45, 7) is 0. The van der Waals surface area contributed by atoms with Crippen molar-refractivity contribution >= 4 is 27.7 Å². The Balaban J connectivity index is 2.24. The van der Waals surface area contributed by atoms with Crippen molar-refractivity contribution in [1.29, 1.82) is 0 Å². The molecule has 1 heterocycles. The number of aromatic nitrogens is 1. The van der Waals surface area contributed by atoms with Gasteiger partial charge in [-0.05, 0) is 36.4 Å². The quantitative estimate of drug-likeness (QED) is 0.588. The predicted molar refractivity (Wildman–Crippen MR) is 63.3 cm³/mol. The van der Waals surface area contributed by atoms with Gasteiger partial charge in [0.15, 0.2) is 0 Å². The van der Waals surface area contributed by atoms with Crippen molar-refractivity contribution < 1.29 is 4.79 Å². The molecule has 0 spiro atoms. The minimum Gasteiger partial charge on any atom is -0.211 e. The zero-order valence-corrected chi connectivity index (χ0v) is 9.46. The molecule has 0 amide bonds. The Morgan fingerprint density at radius 2 is 2.31 bits per heavy atom. The molecule has 1 fully saturated rings. The number of hydrogen-bond donors (Lipinski definition) is 0. The Hall–Kier alpha value is -1.51. The summed E-state index contributed by atoms with van der Waals surface area (Å²) in [5.41, 5.74) is 0.829. The van der Waals surface area contributed by atoms with Crippen molar-refractivity contribution in [2.75, 3.05) is 0 Å². The molecule has 1 aliphatic rings. The number of fused-ring (bicyclic) bond motifs is 1. The van der Waals surface area contributed by atoms with Gasteiger partial charge in [0.1, 0.15) is 0 Å². The fourth-order valence-corrected chi connectivity index (χ4v) is 3.16. The molecular weight excluding hydrogens is 220 g/mol. The van der Waals surface area contributed by atoms with E-state index in [1.165, 1.54) is 11.5 Å². The highest BCUT2D eigenvalue weighted by atomic mass is 32.1. The van der Waals surface area contributed by atoms with E-state index in [0.717, 1.165) is 34.9 Å². The van der Waals surface area contributed by atoms with Gasteiger partial charge in [0, 0.05) is 11.6 Å². The van der Waals surface area contributed by atoms with Crippen molar-refractivity contribution in [3.8, 4) is 0 Å². The Morgan fingerprint density at radius 3 is 3.00 bits per heavy atom. The van der Waals surface area contributed by atoms with Gasteiger partial charge in [-0.2, -0.15) is 9.37 Å². The van der Waals surface area contributed by atoms with Gasteiger partial charge >= 0.3 is 0 Å². The van der Waals surface area contributed by atoms with Gasteiger partial charge in [-0.1, -0.05) is 18.2 Å². The third-order valence-corrected chi connectivity index (χ3v) is 4.17. The highest BCUT2D eigenvalue weighted by molar-refractivity contribution is 7.13. The van der Waals surface area contributed by atoms with E-state index in [1.54, 1.807) is 6.08 Å². The van der Waals surface area contributed by atoms with Crippen LogP contribution < -0.4 is 0 Å². The summed E-state index contributed by atoms with van der Waals surface area (Å²) in [7, 11) is 0. The summed E-state index contributed by atoms with van der Waals surface area (Å²) in [4.78, 5) is 14.6. The number of hydrogen-bond acceptors (Lipinski definition) is 4. The van der Waals surface area contributed by atoms with Crippen molar-refractivity contribution in [2.24, 2.45) is 4.99 Å². The van der Waals surface area contributed by atoms with Crippen LogP contribution in [0.5, 0.6) is 0 Å². The largest absolute Gasteiger partial charge is 0.235 e. The molecule has 3 rings (SSSR count). The molecular formula is C12H10N2OS. The van der Waals surface area contributed by atoms with Crippen LogP contribution in [0.15, 0.2) is 29.4 Å². The lowest BCUT2D eigenvalue weighted by Crippen LogP contribution is -2.31. The number of nitrogens with zero attached hydrogens (tertiary/aromatic N) is 2. The lowest BCUT2D eigenvalue weighted by Gasteiger charge is -2.37. The molecule has 1 aromatic carbocycles. The molecule has 0 atom stereocenters. The average Bonchev–Trinajstić information content (AvgIpc) is 2.71. The van der Waals surface area contributed by atoms with Gasteiger partial charge in [-0.3, -0.25) is 0 Å². The van der Waals surface area contributed by atoms with Crippen LogP contribution in [0.1, 0.15) is 24.8 Å². The van der Waals surface area contributed by atoms with E-state index in [4.69, 9.17) is 0 Å². The third kappa shape index (κ3) is 1.24. The normalized spacial score (nSPS) is 17.8. The molecule has 0 radical (unpaired) electrons. The minimum atomic E-state index is -0.312. The topological polar surface area (TPSA) is 42.3 Å². The SMILES string of the molecule is O=C=NC1(c2cccc3cnsc23)CCC1. The van der Waals surface area contributed by atoms with E-state index in [9.17, 15) is 4.79 Å². The average molecular weight is 230 g/mol. The monoisotopic (exact) mass is 230 g/mol. The van der Waals surface area contributed by atoms with E-state index in [2.05, 4.69) is 15.4 Å². The van der Waals surface area contributed by atoms with E-state index < -0.39 is 0 Å². The summed E-state index contributed by atoms with van der Waals surface area (Å²) >= 11 is 1.48. The van der Waals surface area contributed by atoms with Crippen LogP contribution in [-0.2, 0) is 10.3 Å². The lowest BCUT2D eigenvalue weighted by atomic mass is 9.72. The second kappa shape index (κ2) is 3.51. The first-order valence-electron chi connectivity index (χ1n) is 5.29. The maximum absolute atomic E-state index is 10.6. The molecule has 0 saturated heterocycles. The zero-order chi connectivity index (χ0) is 11.0. The van der Waals surface area contributed by atoms with Gasteiger partial charge in [0.2, 0.25) is 6.08 Å². The number of aliphatic imine (C=N–C) groups is 1. The summed E-state index contributed by atoms with van der Waals surface area (Å²) in [5, 5.41) is 1.13. The van der Waals surface area contributed by atoms with Crippen LogP contribution in [0.4, 0.5) is 0 Å². The molecule has 80 valence electrons. The van der Waals surface area contributed by atoms with Crippen LogP contribution in [0, 0.1) is 0 Å². The van der Waals surface area contributed by atoms with Gasteiger partial charge in [-0.15, -0.1) is 0 Å². The molecule has 4 heteroatoms. The molecule has 2 aromatic rings. The number of benzene rings is 1. The highest BCUT2D eigenvalue weighted by Crippen LogP contribution is 2.47. The Bertz CT molecular complexity index is 579. The number of rotatable bonds is 2. The van der Waals surface area contributed by atoms with Crippen LogP contribution in [0.25, 0.3) is 10.1 Å². The van der Waals surface area contributed by atoms with E-state index >= 15 is 0 Å². The fourth-order valence-electron chi connectivity index (χ4n) is 2.30. The van der Waals surface area contributed by atoms with E-state index in [0.29, 0.717) is 0 Å². The molecule has 3 nitrogen and oxygen atoms in total. The van der Waals surface area contributed by atoms with Gasteiger partial charge in [0.25, 0.3) is 0 Å². The summed E-state index contributed by atoms with van der Waals surface area (Å²) in [6, 6.07) is 6.10. The van der Waals surface area contributed by atoms with Crippen molar-refractivity contribution in [3.63, 3.8) is 0 Å².